The Balaban J connectivity index is 2.03. The maximum atomic E-state index is 12.4. The van der Waals surface area contributed by atoms with Crippen molar-refractivity contribution in [2.45, 2.75) is 51.8 Å². The van der Waals surface area contributed by atoms with Gasteiger partial charge in [0.25, 0.3) is 0 Å². The number of sulfonamides is 1. The molecule has 1 aromatic carbocycles. The van der Waals surface area contributed by atoms with E-state index in [1.807, 2.05) is 13.8 Å². The van der Waals surface area contributed by atoms with Gasteiger partial charge in [0, 0.05) is 11.7 Å². The van der Waals surface area contributed by atoms with E-state index in [2.05, 4.69) is 4.72 Å². The van der Waals surface area contributed by atoms with Crippen LogP contribution >= 0.6 is 0 Å². The lowest BCUT2D eigenvalue weighted by Crippen LogP contribution is -2.47. The first-order chi connectivity index (χ1) is 12.1. The highest BCUT2D eigenvalue weighted by atomic mass is 32.2. The number of nitrogens with one attached hydrogen (secondary N) is 1. The first-order valence-corrected chi connectivity index (χ1v) is 10.1. The molecule has 1 aliphatic carbocycles. The van der Waals surface area contributed by atoms with Gasteiger partial charge in [-0.15, -0.1) is 0 Å². The van der Waals surface area contributed by atoms with Crippen LogP contribution in [-0.2, 0) is 19.6 Å². The van der Waals surface area contributed by atoms with E-state index in [0.29, 0.717) is 24.3 Å². The lowest BCUT2D eigenvalue weighted by Gasteiger charge is -2.26. The van der Waals surface area contributed by atoms with Gasteiger partial charge in [-0.1, -0.05) is 0 Å². The van der Waals surface area contributed by atoms with Crippen LogP contribution in [0, 0.1) is 0 Å². The highest BCUT2D eigenvalue weighted by Gasteiger charge is 2.39. The number of rotatable bonds is 9. The molecule has 0 bridgehead atoms. The van der Waals surface area contributed by atoms with Gasteiger partial charge in [-0.05, 0) is 57.9 Å². The van der Waals surface area contributed by atoms with Crippen LogP contribution in [0.5, 0.6) is 5.75 Å². The van der Waals surface area contributed by atoms with Crippen molar-refractivity contribution >= 4 is 27.6 Å². The molecule has 0 heterocycles. The number of nitrogens with zero attached hydrogens (tertiary/aromatic N) is 1. The summed E-state index contributed by atoms with van der Waals surface area (Å²) in [4.78, 5) is 24.7. The highest BCUT2D eigenvalue weighted by molar-refractivity contribution is 7.93. The van der Waals surface area contributed by atoms with Gasteiger partial charge in [0.2, 0.25) is 15.9 Å². The number of hydrogen-bond acceptors (Lipinski definition) is 5. The Morgan fingerprint density at radius 2 is 1.81 bits per heavy atom. The number of carboxylic acids is 1. The number of carbonyl (C=O) groups is 2. The zero-order chi connectivity index (χ0) is 19.5. The zero-order valence-corrected chi connectivity index (χ0v) is 15.8. The van der Waals surface area contributed by atoms with Crippen molar-refractivity contribution in [1.82, 2.24) is 4.90 Å². The van der Waals surface area contributed by atoms with Crippen LogP contribution in [0.1, 0.15) is 33.6 Å². The first kappa shape index (κ1) is 20.0. The number of aliphatic carboxylic acids is 1. The largest absolute Gasteiger partial charge is 0.491 e. The quantitative estimate of drug-likeness (QED) is 0.670. The standard InChI is InChI=1S/C17H24N2O6S/c1-11(2)25-15-8-4-13(5-9-15)18-26(23,24)10-16(20)19(14-6-7-14)12(3)17(21)22/h4-5,8-9,11-12,14,18H,6-7,10H2,1-3H3,(H,21,22). The maximum Gasteiger partial charge on any atom is 0.326 e. The lowest BCUT2D eigenvalue weighted by atomic mass is 10.2. The Morgan fingerprint density at radius 1 is 1.23 bits per heavy atom. The fourth-order valence-electron chi connectivity index (χ4n) is 2.53. The summed E-state index contributed by atoms with van der Waals surface area (Å²) in [5.74, 6) is -2.06. The third-order valence-electron chi connectivity index (χ3n) is 3.82. The second-order valence-corrected chi connectivity index (χ2v) is 8.32. The molecule has 8 nitrogen and oxygen atoms in total. The molecule has 1 saturated carbocycles. The van der Waals surface area contributed by atoms with E-state index in [1.54, 1.807) is 12.1 Å². The van der Waals surface area contributed by atoms with Crippen LogP contribution in [0.4, 0.5) is 5.69 Å². The van der Waals surface area contributed by atoms with Gasteiger partial charge in [0.05, 0.1) is 6.10 Å². The van der Waals surface area contributed by atoms with Crippen LogP contribution in [0.15, 0.2) is 24.3 Å². The molecule has 0 spiro atoms. The van der Waals surface area contributed by atoms with Crippen molar-refractivity contribution in [3.63, 3.8) is 0 Å². The topological polar surface area (TPSA) is 113 Å². The van der Waals surface area contributed by atoms with E-state index in [4.69, 9.17) is 9.84 Å². The normalized spacial score (nSPS) is 15.4. The van der Waals surface area contributed by atoms with Crippen molar-refractivity contribution in [3.8, 4) is 5.75 Å². The summed E-state index contributed by atoms with van der Waals surface area (Å²) in [7, 11) is -3.95. The summed E-state index contributed by atoms with van der Waals surface area (Å²) in [6.07, 6.45) is 1.38. The predicted octanol–water partition coefficient (Wildman–Crippen LogP) is 1.68. The van der Waals surface area contributed by atoms with Gasteiger partial charge < -0.3 is 14.7 Å². The number of amides is 1. The van der Waals surface area contributed by atoms with E-state index < -0.39 is 33.7 Å². The molecule has 9 heteroatoms. The summed E-state index contributed by atoms with van der Waals surface area (Å²) < 4.78 is 32.4. The summed E-state index contributed by atoms with van der Waals surface area (Å²) in [5, 5.41) is 9.13. The molecule has 1 amide bonds. The molecular weight excluding hydrogens is 360 g/mol. The Morgan fingerprint density at radius 3 is 2.27 bits per heavy atom. The molecule has 0 aromatic heterocycles. The molecule has 1 atom stereocenters. The molecule has 1 aromatic rings. The molecule has 144 valence electrons. The van der Waals surface area contributed by atoms with Gasteiger partial charge >= 0.3 is 5.97 Å². The van der Waals surface area contributed by atoms with Gasteiger partial charge in [-0.3, -0.25) is 9.52 Å². The van der Waals surface area contributed by atoms with Crippen LogP contribution in [0.25, 0.3) is 0 Å². The van der Waals surface area contributed by atoms with Crippen molar-refractivity contribution in [1.29, 1.82) is 0 Å². The molecular formula is C17H24N2O6S. The average molecular weight is 384 g/mol. The molecule has 1 unspecified atom stereocenters. The molecule has 2 N–H and O–H groups in total. The maximum absolute atomic E-state index is 12.4. The predicted molar refractivity (Wildman–Crippen MR) is 96.6 cm³/mol. The lowest BCUT2D eigenvalue weighted by molar-refractivity contribution is -0.149. The Bertz CT molecular complexity index is 756. The second-order valence-electron chi connectivity index (χ2n) is 6.60. The third-order valence-corrected chi connectivity index (χ3v) is 4.99. The Hall–Kier alpha value is -2.29. The van der Waals surface area contributed by atoms with Crippen LogP contribution in [-0.4, -0.2) is 54.2 Å². The van der Waals surface area contributed by atoms with Crippen molar-refractivity contribution in [2.75, 3.05) is 10.5 Å². The summed E-state index contributed by atoms with van der Waals surface area (Å²) in [5.41, 5.74) is 0.304. The number of ether oxygens (including phenoxy) is 1. The van der Waals surface area contributed by atoms with E-state index in [1.165, 1.54) is 19.1 Å². The Labute approximate surface area is 153 Å². The molecule has 0 radical (unpaired) electrons. The molecule has 0 aliphatic heterocycles. The smallest absolute Gasteiger partial charge is 0.326 e. The minimum Gasteiger partial charge on any atom is -0.491 e. The molecule has 26 heavy (non-hydrogen) atoms. The summed E-state index contributed by atoms with van der Waals surface area (Å²) in [6, 6.07) is 5.08. The number of anilines is 1. The van der Waals surface area contributed by atoms with E-state index in [-0.39, 0.29) is 12.1 Å². The molecule has 1 fully saturated rings. The SMILES string of the molecule is CC(C)Oc1ccc(NS(=O)(=O)CC(=O)N(C2CC2)C(C)C(=O)O)cc1. The van der Waals surface area contributed by atoms with Crippen molar-refractivity contribution in [2.24, 2.45) is 0 Å². The number of carboxylic acid groups (broad SMARTS) is 1. The van der Waals surface area contributed by atoms with E-state index in [0.717, 1.165) is 4.90 Å². The fourth-order valence-corrected chi connectivity index (χ4v) is 3.58. The van der Waals surface area contributed by atoms with Crippen LogP contribution < -0.4 is 9.46 Å². The third kappa shape index (κ3) is 5.62. The minimum absolute atomic E-state index is 0.000190. The molecule has 0 saturated heterocycles. The van der Waals surface area contributed by atoms with Gasteiger partial charge in [0.1, 0.15) is 17.5 Å². The molecule has 2 rings (SSSR count). The number of carbonyl (C=O) groups excluding carboxylic acids is 1. The monoisotopic (exact) mass is 384 g/mol. The van der Waals surface area contributed by atoms with Crippen LogP contribution in [0.2, 0.25) is 0 Å². The van der Waals surface area contributed by atoms with Gasteiger partial charge in [-0.2, -0.15) is 0 Å². The number of benzene rings is 1. The van der Waals surface area contributed by atoms with Crippen molar-refractivity contribution < 1.29 is 27.9 Å². The Kier molecular flexibility index (Phi) is 6.12. The second kappa shape index (κ2) is 7.94. The fraction of sp³-hybridized carbons (Fsp3) is 0.529. The molecule has 1 aliphatic rings. The summed E-state index contributed by atoms with van der Waals surface area (Å²) >= 11 is 0. The first-order valence-electron chi connectivity index (χ1n) is 8.40. The van der Waals surface area contributed by atoms with Gasteiger partial charge in [0.15, 0.2) is 0 Å². The zero-order valence-electron chi connectivity index (χ0n) is 15.0. The van der Waals surface area contributed by atoms with E-state index >= 15 is 0 Å². The average Bonchev–Trinajstić information content (AvgIpc) is 3.32. The van der Waals surface area contributed by atoms with Crippen LogP contribution in [0.3, 0.4) is 0 Å². The number of hydrogen-bond donors (Lipinski definition) is 2. The van der Waals surface area contributed by atoms with Crippen molar-refractivity contribution in [3.05, 3.63) is 24.3 Å². The van der Waals surface area contributed by atoms with E-state index in [9.17, 15) is 18.0 Å². The minimum atomic E-state index is -3.95. The summed E-state index contributed by atoms with van der Waals surface area (Å²) in [6.45, 7) is 5.14. The van der Waals surface area contributed by atoms with Gasteiger partial charge in [-0.25, -0.2) is 13.2 Å². The highest BCUT2D eigenvalue weighted by Crippen LogP contribution is 2.29.